The number of carbonyl (C=O) groups excluding carboxylic acids is 1. The molecule has 8 nitrogen and oxygen atoms in total. The fourth-order valence-corrected chi connectivity index (χ4v) is 3.67. The van der Waals surface area contributed by atoms with Crippen LogP contribution < -0.4 is 25.3 Å². The van der Waals surface area contributed by atoms with Gasteiger partial charge >= 0.3 is 0 Å². The van der Waals surface area contributed by atoms with E-state index in [1.165, 1.54) is 7.11 Å². The zero-order valence-corrected chi connectivity index (χ0v) is 19.0. The first-order valence-corrected chi connectivity index (χ1v) is 10.6. The molecule has 0 saturated carbocycles. The number of hydrogen-bond acceptors (Lipinski definition) is 7. The van der Waals surface area contributed by atoms with Crippen LogP contribution in [0.25, 0.3) is 0 Å². The molecule has 0 aliphatic heterocycles. The summed E-state index contributed by atoms with van der Waals surface area (Å²) in [5.41, 5.74) is 7.29. The van der Waals surface area contributed by atoms with Crippen molar-refractivity contribution in [3.63, 3.8) is 0 Å². The predicted octanol–water partition coefficient (Wildman–Crippen LogP) is 1.89. The molecule has 2 aromatic carbocycles. The minimum atomic E-state index is -0.500. The summed E-state index contributed by atoms with van der Waals surface area (Å²) >= 11 is 0. The van der Waals surface area contributed by atoms with Crippen LogP contribution in [0.15, 0.2) is 36.4 Å². The SMILES string of the molecule is COc1cc(C[C@@H](C(=O)NCCCN)[C@H](CO)Cc2ccc(OC)c(OC)c2)ccc1O. The number of phenolic OH excluding ortho intramolecular Hbond substituents is 1. The van der Waals surface area contributed by atoms with Crippen molar-refractivity contribution in [1.29, 1.82) is 0 Å². The smallest absolute Gasteiger partial charge is 0.223 e. The van der Waals surface area contributed by atoms with E-state index >= 15 is 0 Å². The largest absolute Gasteiger partial charge is 0.504 e. The van der Waals surface area contributed by atoms with Crippen molar-refractivity contribution in [2.24, 2.45) is 17.6 Å². The predicted molar refractivity (Wildman–Crippen MR) is 122 cm³/mol. The molecular weight excluding hydrogens is 412 g/mol. The van der Waals surface area contributed by atoms with E-state index in [2.05, 4.69) is 5.32 Å². The molecule has 0 spiro atoms. The quantitative estimate of drug-likeness (QED) is 0.347. The number of nitrogens with two attached hydrogens (primary N) is 1. The van der Waals surface area contributed by atoms with Gasteiger partial charge in [-0.3, -0.25) is 4.79 Å². The molecule has 0 fully saturated rings. The maximum atomic E-state index is 13.1. The molecule has 176 valence electrons. The summed E-state index contributed by atoms with van der Waals surface area (Å²) in [5.74, 6) is 0.586. The Morgan fingerprint density at radius 1 is 0.969 bits per heavy atom. The highest BCUT2D eigenvalue weighted by Gasteiger charge is 2.29. The Morgan fingerprint density at radius 3 is 2.22 bits per heavy atom. The molecule has 0 radical (unpaired) electrons. The number of amides is 1. The van der Waals surface area contributed by atoms with Crippen LogP contribution in [-0.2, 0) is 17.6 Å². The number of nitrogens with one attached hydrogen (secondary N) is 1. The standard InChI is InChI=1S/C24H34N2O6/c1-30-21-8-6-16(14-23(21)32-3)11-18(15-27)19(24(29)26-10-4-9-25)12-17-5-7-20(28)22(13-17)31-2/h5-8,13-14,18-19,27-28H,4,9-12,15,25H2,1-3H3,(H,26,29)/t18-,19+/m0/s1. The van der Waals surface area contributed by atoms with Crippen LogP contribution in [0.2, 0.25) is 0 Å². The minimum Gasteiger partial charge on any atom is -0.504 e. The molecular formula is C24H34N2O6. The van der Waals surface area contributed by atoms with E-state index in [1.54, 1.807) is 32.4 Å². The van der Waals surface area contributed by atoms with E-state index in [1.807, 2.05) is 18.2 Å². The summed E-state index contributed by atoms with van der Waals surface area (Å²) < 4.78 is 15.9. The van der Waals surface area contributed by atoms with Gasteiger partial charge in [-0.2, -0.15) is 0 Å². The average molecular weight is 447 g/mol. The molecule has 0 aliphatic rings. The molecule has 8 heteroatoms. The molecule has 0 aliphatic carbocycles. The number of rotatable bonds is 13. The van der Waals surface area contributed by atoms with E-state index in [9.17, 15) is 15.0 Å². The molecule has 0 heterocycles. The minimum absolute atomic E-state index is 0.0317. The van der Waals surface area contributed by atoms with Crippen LogP contribution in [-0.4, -0.2) is 57.1 Å². The lowest BCUT2D eigenvalue weighted by Crippen LogP contribution is -2.39. The topological polar surface area (TPSA) is 123 Å². The number of phenols is 1. The molecule has 0 aromatic heterocycles. The fraction of sp³-hybridized carbons (Fsp3) is 0.458. The van der Waals surface area contributed by atoms with Crippen LogP contribution in [0.5, 0.6) is 23.0 Å². The van der Waals surface area contributed by atoms with Gasteiger partial charge in [0.1, 0.15) is 0 Å². The molecule has 0 unspecified atom stereocenters. The molecule has 5 N–H and O–H groups in total. The van der Waals surface area contributed by atoms with Crippen LogP contribution >= 0.6 is 0 Å². The van der Waals surface area contributed by atoms with Crippen molar-refractivity contribution < 1.29 is 29.2 Å². The first-order valence-electron chi connectivity index (χ1n) is 10.6. The Hall–Kier alpha value is -2.97. The van der Waals surface area contributed by atoms with Crippen molar-refractivity contribution in [2.75, 3.05) is 41.0 Å². The summed E-state index contributed by atoms with van der Waals surface area (Å²) in [6, 6.07) is 10.6. The zero-order valence-electron chi connectivity index (χ0n) is 19.0. The number of ether oxygens (including phenoxy) is 3. The second-order valence-electron chi connectivity index (χ2n) is 7.59. The number of aromatic hydroxyl groups is 1. The highest BCUT2D eigenvalue weighted by Crippen LogP contribution is 2.32. The number of aliphatic hydroxyl groups is 1. The lowest BCUT2D eigenvalue weighted by Gasteiger charge is -2.26. The normalized spacial score (nSPS) is 12.7. The second-order valence-corrected chi connectivity index (χ2v) is 7.59. The van der Waals surface area contributed by atoms with Gasteiger partial charge in [-0.05, 0) is 67.1 Å². The van der Waals surface area contributed by atoms with Gasteiger partial charge in [0.25, 0.3) is 0 Å². The van der Waals surface area contributed by atoms with Gasteiger partial charge < -0.3 is 35.5 Å². The van der Waals surface area contributed by atoms with Gasteiger partial charge in [0.15, 0.2) is 23.0 Å². The molecule has 0 saturated heterocycles. The van der Waals surface area contributed by atoms with Gasteiger partial charge in [0.2, 0.25) is 5.91 Å². The number of aliphatic hydroxyl groups excluding tert-OH is 1. The van der Waals surface area contributed by atoms with Crippen LogP contribution in [0.1, 0.15) is 17.5 Å². The van der Waals surface area contributed by atoms with Gasteiger partial charge in [-0.15, -0.1) is 0 Å². The third kappa shape index (κ3) is 6.77. The fourth-order valence-electron chi connectivity index (χ4n) is 3.67. The van der Waals surface area contributed by atoms with Crippen molar-refractivity contribution in [3.8, 4) is 23.0 Å². The van der Waals surface area contributed by atoms with Crippen LogP contribution in [0.4, 0.5) is 0 Å². The Bertz CT molecular complexity index is 874. The van der Waals surface area contributed by atoms with Crippen LogP contribution in [0, 0.1) is 11.8 Å². The molecule has 1 amide bonds. The summed E-state index contributed by atoms with van der Waals surface area (Å²) in [7, 11) is 4.61. The van der Waals surface area contributed by atoms with Crippen molar-refractivity contribution >= 4 is 5.91 Å². The third-order valence-corrected chi connectivity index (χ3v) is 5.47. The van der Waals surface area contributed by atoms with Crippen LogP contribution in [0.3, 0.4) is 0 Å². The number of benzene rings is 2. The monoisotopic (exact) mass is 446 g/mol. The maximum absolute atomic E-state index is 13.1. The summed E-state index contributed by atoms with van der Waals surface area (Å²) in [4.78, 5) is 13.1. The summed E-state index contributed by atoms with van der Waals surface area (Å²) in [5, 5.41) is 23.0. The Kier molecular flexibility index (Phi) is 10.1. The molecule has 2 atom stereocenters. The lowest BCUT2D eigenvalue weighted by atomic mass is 9.82. The summed E-state index contributed by atoms with van der Waals surface area (Å²) in [6.45, 7) is 0.785. The Balaban J connectivity index is 2.30. The van der Waals surface area contributed by atoms with Gasteiger partial charge in [0, 0.05) is 19.1 Å². The van der Waals surface area contributed by atoms with Gasteiger partial charge in [-0.1, -0.05) is 12.1 Å². The Labute approximate surface area is 189 Å². The van der Waals surface area contributed by atoms with E-state index < -0.39 is 5.92 Å². The average Bonchev–Trinajstić information content (AvgIpc) is 2.82. The number of hydrogen-bond donors (Lipinski definition) is 4. The van der Waals surface area contributed by atoms with Crippen molar-refractivity contribution in [2.45, 2.75) is 19.3 Å². The van der Waals surface area contributed by atoms with E-state index in [-0.39, 0.29) is 24.2 Å². The maximum Gasteiger partial charge on any atom is 0.223 e. The van der Waals surface area contributed by atoms with Gasteiger partial charge in [-0.25, -0.2) is 0 Å². The van der Waals surface area contributed by atoms with Gasteiger partial charge in [0.05, 0.1) is 21.3 Å². The van der Waals surface area contributed by atoms with E-state index in [0.29, 0.717) is 49.6 Å². The van der Waals surface area contributed by atoms with E-state index in [0.717, 1.165) is 11.1 Å². The highest BCUT2D eigenvalue weighted by molar-refractivity contribution is 5.79. The Morgan fingerprint density at radius 2 is 1.59 bits per heavy atom. The first kappa shape index (κ1) is 25.3. The van der Waals surface area contributed by atoms with Crippen molar-refractivity contribution in [1.82, 2.24) is 5.32 Å². The highest BCUT2D eigenvalue weighted by atomic mass is 16.5. The number of carbonyl (C=O) groups is 1. The summed E-state index contributed by atoms with van der Waals surface area (Å²) in [6.07, 6.45) is 1.52. The van der Waals surface area contributed by atoms with E-state index in [4.69, 9.17) is 19.9 Å². The molecule has 2 rings (SSSR count). The number of methoxy groups -OCH3 is 3. The van der Waals surface area contributed by atoms with Crippen molar-refractivity contribution in [3.05, 3.63) is 47.5 Å². The lowest BCUT2D eigenvalue weighted by molar-refractivity contribution is -0.127. The zero-order chi connectivity index (χ0) is 23.5. The molecule has 0 bridgehead atoms. The first-order chi connectivity index (χ1) is 15.5. The third-order valence-electron chi connectivity index (χ3n) is 5.47. The molecule has 32 heavy (non-hydrogen) atoms. The molecule has 2 aromatic rings. The second kappa shape index (κ2) is 12.8.